The van der Waals surface area contributed by atoms with Crippen LogP contribution in [0.25, 0.3) is 0 Å². The van der Waals surface area contributed by atoms with Crippen molar-refractivity contribution in [2.24, 2.45) is 0 Å². The normalized spacial score (nSPS) is 18.6. The summed E-state index contributed by atoms with van der Waals surface area (Å²) in [5.41, 5.74) is 0. The SMILES string of the molecule is CON(C)C(=O)CN1CCCCC1. The Morgan fingerprint density at radius 1 is 1.38 bits per heavy atom. The second-order valence-electron chi connectivity index (χ2n) is 3.41. The number of hydrogen-bond acceptors (Lipinski definition) is 3. The van der Waals surface area contributed by atoms with Gasteiger partial charge in [0.1, 0.15) is 0 Å². The summed E-state index contributed by atoms with van der Waals surface area (Å²) in [6, 6.07) is 0. The monoisotopic (exact) mass is 186 g/mol. The molecule has 4 nitrogen and oxygen atoms in total. The third kappa shape index (κ3) is 3.32. The number of hydrogen-bond donors (Lipinski definition) is 0. The van der Waals surface area contributed by atoms with Crippen LogP contribution in [0.4, 0.5) is 0 Å². The highest BCUT2D eigenvalue weighted by atomic mass is 16.7. The van der Waals surface area contributed by atoms with Gasteiger partial charge < -0.3 is 0 Å². The number of nitrogens with zero attached hydrogens (tertiary/aromatic N) is 2. The number of piperidine rings is 1. The van der Waals surface area contributed by atoms with Crippen LogP contribution in [0.1, 0.15) is 19.3 Å². The fraction of sp³-hybridized carbons (Fsp3) is 0.889. The summed E-state index contributed by atoms with van der Waals surface area (Å²) in [4.78, 5) is 18.4. The number of carbonyl (C=O) groups excluding carboxylic acids is 1. The molecule has 1 rings (SSSR count). The lowest BCUT2D eigenvalue weighted by molar-refractivity contribution is -0.169. The Kier molecular flexibility index (Phi) is 4.18. The van der Waals surface area contributed by atoms with Gasteiger partial charge in [-0.3, -0.25) is 14.5 Å². The molecule has 0 aromatic carbocycles. The summed E-state index contributed by atoms with van der Waals surface area (Å²) in [6.07, 6.45) is 3.72. The van der Waals surface area contributed by atoms with Crippen molar-refractivity contribution in [1.29, 1.82) is 0 Å². The second-order valence-corrected chi connectivity index (χ2v) is 3.41. The first kappa shape index (κ1) is 10.5. The van der Waals surface area contributed by atoms with Crippen LogP contribution in [0, 0.1) is 0 Å². The van der Waals surface area contributed by atoms with Crippen LogP contribution < -0.4 is 0 Å². The largest absolute Gasteiger partial charge is 0.294 e. The van der Waals surface area contributed by atoms with Crippen LogP contribution >= 0.6 is 0 Å². The molecule has 0 aromatic heterocycles. The van der Waals surface area contributed by atoms with Crippen molar-refractivity contribution in [2.75, 3.05) is 33.8 Å². The van der Waals surface area contributed by atoms with E-state index in [4.69, 9.17) is 4.84 Å². The Bertz CT molecular complexity index is 167. The highest BCUT2D eigenvalue weighted by Crippen LogP contribution is 2.08. The molecule has 0 saturated carbocycles. The van der Waals surface area contributed by atoms with Crippen molar-refractivity contribution >= 4 is 5.91 Å². The van der Waals surface area contributed by atoms with Gasteiger partial charge in [0.05, 0.1) is 13.7 Å². The van der Waals surface area contributed by atoms with Gasteiger partial charge in [-0.1, -0.05) is 6.42 Å². The first-order valence-corrected chi connectivity index (χ1v) is 4.77. The molecule has 0 aliphatic carbocycles. The lowest BCUT2D eigenvalue weighted by atomic mass is 10.1. The number of likely N-dealkylation sites (N-methyl/N-ethyl adjacent to an activating group) is 1. The summed E-state index contributed by atoms with van der Waals surface area (Å²) in [7, 11) is 3.15. The van der Waals surface area contributed by atoms with Gasteiger partial charge in [-0.05, 0) is 25.9 Å². The maximum Gasteiger partial charge on any atom is 0.259 e. The topological polar surface area (TPSA) is 32.8 Å². The van der Waals surface area contributed by atoms with E-state index < -0.39 is 0 Å². The Hall–Kier alpha value is -0.610. The number of rotatable bonds is 3. The molecule has 1 aliphatic rings. The molecular weight excluding hydrogens is 168 g/mol. The molecule has 0 aromatic rings. The van der Waals surface area contributed by atoms with Crippen molar-refractivity contribution in [2.45, 2.75) is 19.3 Å². The summed E-state index contributed by atoms with van der Waals surface area (Å²) in [5.74, 6) is 0.0319. The van der Waals surface area contributed by atoms with Gasteiger partial charge in [-0.25, -0.2) is 5.06 Å². The van der Waals surface area contributed by atoms with Crippen LogP contribution in [0.3, 0.4) is 0 Å². The minimum atomic E-state index is 0.0319. The van der Waals surface area contributed by atoms with E-state index in [9.17, 15) is 4.79 Å². The Labute approximate surface area is 79.4 Å². The Morgan fingerprint density at radius 3 is 2.54 bits per heavy atom. The van der Waals surface area contributed by atoms with Crippen LogP contribution in [-0.4, -0.2) is 49.7 Å². The third-order valence-corrected chi connectivity index (χ3v) is 2.43. The van der Waals surface area contributed by atoms with Gasteiger partial charge in [-0.15, -0.1) is 0 Å². The van der Waals surface area contributed by atoms with Crippen molar-refractivity contribution in [3.05, 3.63) is 0 Å². The summed E-state index contributed by atoms with van der Waals surface area (Å²) in [5, 5.41) is 1.29. The van der Waals surface area contributed by atoms with E-state index in [0.717, 1.165) is 13.1 Å². The first-order valence-electron chi connectivity index (χ1n) is 4.77. The number of amides is 1. The van der Waals surface area contributed by atoms with Gasteiger partial charge in [0, 0.05) is 7.05 Å². The molecule has 0 unspecified atom stereocenters. The molecule has 0 radical (unpaired) electrons. The van der Waals surface area contributed by atoms with E-state index >= 15 is 0 Å². The highest BCUT2D eigenvalue weighted by Gasteiger charge is 2.16. The van der Waals surface area contributed by atoms with Gasteiger partial charge in [0.25, 0.3) is 5.91 Å². The molecule has 1 fully saturated rings. The lowest BCUT2D eigenvalue weighted by Crippen LogP contribution is -2.40. The van der Waals surface area contributed by atoms with E-state index in [1.54, 1.807) is 7.05 Å². The van der Waals surface area contributed by atoms with Crippen LogP contribution in [0.5, 0.6) is 0 Å². The smallest absolute Gasteiger partial charge is 0.259 e. The Balaban J connectivity index is 2.26. The molecule has 1 amide bonds. The molecule has 0 bridgehead atoms. The maximum atomic E-state index is 11.4. The van der Waals surface area contributed by atoms with E-state index in [2.05, 4.69) is 4.90 Å². The molecule has 0 N–H and O–H groups in total. The van der Waals surface area contributed by atoms with Crippen molar-refractivity contribution in [3.8, 4) is 0 Å². The Morgan fingerprint density at radius 2 is 2.00 bits per heavy atom. The first-order chi connectivity index (χ1) is 6.24. The quantitative estimate of drug-likeness (QED) is 0.601. The van der Waals surface area contributed by atoms with Crippen molar-refractivity contribution < 1.29 is 9.63 Å². The summed E-state index contributed by atoms with van der Waals surface area (Å²) in [6.45, 7) is 2.58. The van der Waals surface area contributed by atoms with Crippen LogP contribution in [0.15, 0.2) is 0 Å². The molecule has 1 aliphatic heterocycles. The van der Waals surface area contributed by atoms with Gasteiger partial charge >= 0.3 is 0 Å². The van der Waals surface area contributed by atoms with Gasteiger partial charge in [-0.2, -0.15) is 0 Å². The zero-order valence-corrected chi connectivity index (χ0v) is 8.45. The number of likely N-dealkylation sites (tertiary alicyclic amines) is 1. The maximum absolute atomic E-state index is 11.4. The lowest BCUT2D eigenvalue weighted by Gasteiger charge is -2.27. The third-order valence-electron chi connectivity index (χ3n) is 2.43. The molecule has 0 atom stereocenters. The molecule has 1 heterocycles. The van der Waals surface area contributed by atoms with E-state index in [-0.39, 0.29) is 5.91 Å². The molecule has 0 spiro atoms. The van der Waals surface area contributed by atoms with E-state index in [1.165, 1.54) is 31.4 Å². The van der Waals surface area contributed by atoms with Crippen LogP contribution in [-0.2, 0) is 9.63 Å². The van der Waals surface area contributed by atoms with Gasteiger partial charge in [0.15, 0.2) is 0 Å². The minimum Gasteiger partial charge on any atom is -0.294 e. The van der Waals surface area contributed by atoms with Gasteiger partial charge in [0.2, 0.25) is 0 Å². The predicted molar refractivity (Wildman–Crippen MR) is 50.1 cm³/mol. The molecular formula is C9H18N2O2. The molecule has 1 saturated heterocycles. The number of carbonyl (C=O) groups is 1. The molecule has 13 heavy (non-hydrogen) atoms. The van der Waals surface area contributed by atoms with Crippen molar-refractivity contribution in [1.82, 2.24) is 9.96 Å². The highest BCUT2D eigenvalue weighted by molar-refractivity contribution is 5.76. The molecule has 4 heteroatoms. The summed E-state index contributed by atoms with van der Waals surface area (Å²) >= 11 is 0. The summed E-state index contributed by atoms with van der Waals surface area (Å²) < 4.78 is 0. The standard InChI is InChI=1S/C9H18N2O2/c1-10(13-2)9(12)8-11-6-4-3-5-7-11/h3-8H2,1-2H3. The average Bonchev–Trinajstić information content (AvgIpc) is 2.18. The second kappa shape index (κ2) is 5.19. The predicted octanol–water partition coefficient (Wildman–Crippen LogP) is 0.492. The van der Waals surface area contributed by atoms with E-state index in [1.807, 2.05) is 0 Å². The minimum absolute atomic E-state index is 0.0319. The van der Waals surface area contributed by atoms with E-state index in [0.29, 0.717) is 6.54 Å². The number of hydroxylamine groups is 2. The fourth-order valence-electron chi connectivity index (χ4n) is 1.51. The fourth-order valence-corrected chi connectivity index (χ4v) is 1.51. The zero-order chi connectivity index (χ0) is 9.68. The zero-order valence-electron chi connectivity index (χ0n) is 8.45. The average molecular weight is 186 g/mol. The molecule has 76 valence electrons. The van der Waals surface area contributed by atoms with Crippen molar-refractivity contribution in [3.63, 3.8) is 0 Å². The van der Waals surface area contributed by atoms with Crippen LogP contribution in [0.2, 0.25) is 0 Å².